The molecule has 0 aliphatic heterocycles. The quantitative estimate of drug-likeness (QED) is 0.518. The number of fused-ring (bicyclic) bond motifs is 1. The van der Waals surface area contributed by atoms with E-state index in [-0.39, 0.29) is 12.1 Å². The van der Waals surface area contributed by atoms with E-state index in [9.17, 15) is 9.59 Å². The first-order valence-corrected chi connectivity index (χ1v) is 8.99. The number of para-hydroxylation sites is 2. The van der Waals surface area contributed by atoms with E-state index in [1.54, 1.807) is 55.6 Å². The Morgan fingerprint density at radius 2 is 1.83 bits per heavy atom. The van der Waals surface area contributed by atoms with Gasteiger partial charge in [0.15, 0.2) is 11.2 Å². The maximum atomic E-state index is 12.8. The highest BCUT2D eigenvalue weighted by molar-refractivity contribution is 5.92. The molecule has 10 nitrogen and oxygen atoms in total. The normalized spacial score (nSPS) is 10.7. The second-order valence-corrected chi connectivity index (χ2v) is 6.30. The Morgan fingerprint density at radius 1 is 1.07 bits per heavy atom. The van der Waals surface area contributed by atoms with Gasteiger partial charge in [-0.15, -0.1) is 5.10 Å². The molecular formula is C20H18N6O4. The number of ether oxygens (including phenoxy) is 2. The number of aromatic nitrogens is 5. The van der Waals surface area contributed by atoms with E-state index < -0.39 is 11.5 Å². The summed E-state index contributed by atoms with van der Waals surface area (Å²) in [7, 11) is 3.09. The van der Waals surface area contributed by atoms with Crippen LogP contribution in [0.2, 0.25) is 0 Å². The van der Waals surface area contributed by atoms with Crippen molar-refractivity contribution in [1.29, 1.82) is 0 Å². The van der Waals surface area contributed by atoms with Gasteiger partial charge in [0.25, 0.3) is 5.56 Å². The first-order chi connectivity index (χ1) is 14.6. The van der Waals surface area contributed by atoms with Crippen molar-refractivity contribution in [2.24, 2.45) is 0 Å². The number of methoxy groups -OCH3 is 2. The van der Waals surface area contributed by atoms with Gasteiger partial charge in [0, 0.05) is 0 Å². The van der Waals surface area contributed by atoms with Crippen molar-refractivity contribution in [2.45, 2.75) is 6.54 Å². The molecular weight excluding hydrogens is 388 g/mol. The van der Waals surface area contributed by atoms with E-state index in [1.807, 2.05) is 0 Å². The van der Waals surface area contributed by atoms with Crippen molar-refractivity contribution in [3.8, 4) is 17.2 Å². The molecule has 0 radical (unpaired) electrons. The average molecular weight is 406 g/mol. The number of benzene rings is 2. The van der Waals surface area contributed by atoms with Crippen molar-refractivity contribution >= 4 is 22.8 Å². The number of amides is 1. The molecule has 0 bridgehead atoms. The summed E-state index contributed by atoms with van der Waals surface area (Å²) in [6.45, 7) is -0.227. The summed E-state index contributed by atoms with van der Waals surface area (Å²) in [6.07, 6.45) is 1.30. The summed E-state index contributed by atoms with van der Waals surface area (Å²) < 4.78 is 13.0. The Hall–Kier alpha value is -4.21. The van der Waals surface area contributed by atoms with Gasteiger partial charge in [-0.3, -0.25) is 14.2 Å². The summed E-state index contributed by atoms with van der Waals surface area (Å²) >= 11 is 0. The molecule has 0 aliphatic rings. The summed E-state index contributed by atoms with van der Waals surface area (Å²) in [6, 6.07) is 14.1. The van der Waals surface area contributed by atoms with Gasteiger partial charge in [0.05, 0.1) is 25.6 Å². The van der Waals surface area contributed by atoms with Crippen LogP contribution in [0.15, 0.2) is 59.7 Å². The number of carbonyl (C=O) groups is 1. The molecule has 0 aliphatic carbocycles. The highest BCUT2D eigenvalue weighted by Gasteiger charge is 2.15. The third kappa shape index (κ3) is 3.58. The van der Waals surface area contributed by atoms with Crippen molar-refractivity contribution in [2.75, 3.05) is 19.5 Å². The third-order valence-corrected chi connectivity index (χ3v) is 4.44. The second kappa shape index (κ2) is 8.03. The standard InChI is InChI=1S/C20H18N6O4/c1-29-14-9-7-13(8-10-14)26-19-18(23-24-26)20(28)25(12-21-19)11-17(27)22-15-5-3-4-6-16(15)30-2/h3-10,12H,11H2,1-2H3,(H,22,27). The van der Waals surface area contributed by atoms with Crippen LogP contribution in [0.1, 0.15) is 0 Å². The Morgan fingerprint density at radius 3 is 2.57 bits per heavy atom. The van der Waals surface area contributed by atoms with Gasteiger partial charge in [-0.2, -0.15) is 4.68 Å². The van der Waals surface area contributed by atoms with Gasteiger partial charge in [-0.1, -0.05) is 17.3 Å². The first kappa shape index (κ1) is 19.1. The minimum Gasteiger partial charge on any atom is -0.497 e. The van der Waals surface area contributed by atoms with Crippen molar-refractivity contribution in [3.63, 3.8) is 0 Å². The molecule has 0 atom stereocenters. The monoisotopic (exact) mass is 406 g/mol. The molecule has 1 amide bonds. The average Bonchev–Trinajstić information content (AvgIpc) is 3.21. The van der Waals surface area contributed by atoms with Gasteiger partial charge in [0.2, 0.25) is 5.91 Å². The van der Waals surface area contributed by atoms with Crippen LogP contribution in [0.4, 0.5) is 5.69 Å². The number of rotatable bonds is 6. The summed E-state index contributed by atoms with van der Waals surface area (Å²) in [5, 5.41) is 10.7. The van der Waals surface area contributed by atoms with Crippen LogP contribution in [-0.4, -0.2) is 44.7 Å². The fraction of sp³-hybridized carbons (Fsp3) is 0.150. The zero-order valence-electron chi connectivity index (χ0n) is 16.3. The van der Waals surface area contributed by atoms with E-state index in [0.29, 0.717) is 28.5 Å². The maximum absolute atomic E-state index is 12.8. The lowest BCUT2D eigenvalue weighted by molar-refractivity contribution is -0.116. The molecule has 0 fully saturated rings. The number of hydrogen-bond acceptors (Lipinski definition) is 7. The van der Waals surface area contributed by atoms with Crippen LogP contribution in [0, 0.1) is 0 Å². The van der Waals surface area contributed by atoms with Crippen LogP contribution in [0.3, 0.4) is 0 Å². The molecule has 0 unspecified atom stereocenters. The molecule has 10 heteroatoms. The highest BCUT2D eigenvalue weighted by Crippen LogP contribution is 2.23. The molecule has 0 spiro atoms. The van der Waals surface area contributed by atoms with Gasteiger partial charge >= 0.3 is 0 Å². The van der Waals surface area contributed by atoms with Crippen molar-refractivity contribution in [1.82, 2.24) is 24.5 Å². The molecule has 2 aromatic carbocycles. The second-order valence-electron chi connectivity index (χ2n) is 6.30. The molecule has 0 saturated heterocycles. The maximum Gasteiger partial charge on any atom is 0.284 e. The van der Waals surface area contributed by atoms with E-state index in [0.717, 1.165) is 0 Å². The Balaban J connectivity index is 1.59. The SMILES string of the molecule is COc1ccc(-n2nnc3c(=O)n(CC(=O)Nc4ccccc4OC)cnc32)cc1. The topological polar surface area (TPSA) is 113 Å². The molecule has 2 aromatic heterocycles. The first-order valence-electron chi connectivity index (χ1n) is 8.99. The zero-order valence-corrected chi connectivity index (χ0v) is 16.3. The van der Waals surface area contributed by atoms with E-state index in [1.165, 1.54) is 22.7 Å². The fourth-order valence-corrected chi connectivity index (χ4v) is 2.95. The predicted octanol–water partition coefficient (Wildman–Crippen LogP) is 1.63. The lowest BCUT2D eigenvalue weighted by Crippen LogP contribution is -2.28. The zero-order chi connectivity index (χ0) is 21.1. The Bertz CT molecular complexity index is 1260. The molecule has 152 valence electrons. The van der Waals surface area contributed by atoms with Crippen LogP contribution in [0.25, 0.3) is 16.9 Å². The summed E-state index contributed by atoms with van der Waals surface area (Å²) in [5.41, 5.74) is 1.09. The van der Waals surface area contributed by atoms with Crippen LogP contribution >= 0.6 is 0 Å². The van der Waals surface area contributed by atoms with Crippen LogP contribution in [0.5, 0.6) is 11.5 Å². The minimum absolute atomic E-state index is 0.0680. The molecule has 1 N–H and O–H groups in total. The summed E-state index contributed by atoms with van der Waals surface area (Å²) in [4.78, 5) is 29.5. The lowest BCUT2D eigenvalue weighted by atomic mass is 10.3. The van der Waals surface area contributed by atoms with E-state index >= 15 is 0 Å². The molecule has 4 rings (SSSR count). The van der Waals surface area contributed by atoms with Crippen LogP contribution < -0.4 is 20.3 Å². The van der Waals surface area contributed by atoms with Gasteiger partial charge in [-0.05, 0) is 36.4 Å². The van der Waals surface area contributed by atoms with Crippen molar-refractivity contribution in [3.05, 3.63) is 65.2 Å². The van der Waals surface area contributed by atoms with E-state index in [4.69, 9.17) is 9.47 Å². The summed E-state index contributed by atoms with van der Waals surface area (Å²) in [5.74, 6) is 0.819. The number of anilines is 1. The van der Waals surface area contributed by atoms with Gasteiger partial charge in [-0.25, -0.2) is 4.98 Å². The lowest BCUT2D eigenvalue weighted by Gasteiger charge is -2.10. The molecule has 30 heavy (non-hydrogen) atoms. The predicted molar refractivity (Wildman–Crippen MR) is 109 cm³/mol. The van der Waals surface area contributed by atoms with E-state index in [2.05, 4.69) is 20.6 Å². The minimum atomic E-state index is -0.463. The molecule has 2 heterocycles. The number of nitrogens with one attached hydrogen (secondary N) is 1. The largest absolute Gasteiger partial charge is 0.497 e. The van der Waals surface area contributed by atoms with Gasteiger partial charge in [0.1, 0.15) is 24.4 Å². The Labute approximate surface area is 170 Å². The van der Waals surface area contributed by atoms with Crippen LogP contribution in [-0.2, 0) is 11.3 Å². The number of hydrogen-bond donors (Lipinski definition) is 1. The number of carbonyl (C=O) groups excluding carboxylic acids is 1. The third-order valence-electron chi connectivity index (χ3n) is 4.44. The van der Waals surface area contributed by atoms with Crippen molar-refractivity contribution < 1.29 is 14.3 Å². The molecule has 4 aromatic rings. The molecule has 0 saturated carbocycles. The highest BCUT2D eigenvalue weighted by atomic mass is 16.5. The Kier molecular flexibility index (Phi) is 5.12. The number of nitrogens with zero attached hydrogens (tertiary/aromatic N) is 5. The fourth-order valence-electron chi connectivity index (χ4n) is 2.95. The smallest absolute Gasteiger partial charge is 0.284 e. The van der Waals surface area contributed by atoms with Gasteiger partial charge < -0.3 is 14.8 Å².